The standard InChI is InChI=1S/C18H14ClN7OS/c19-10-5-7-11(8-6-10)26-15(27)12-3-1-2-4-13(12)22-18(26)28-9-14-23-16(20)25-17(21)24-14/h1-8H,9H2,(H4,20,21,23,24,25). The summed E-state index contributed by atoms with van der Waals surface area (Å²) >= 11 is 7.29. The van der Waals surface area contributed by atoms with Crippen LogP contribution < -0.4 is 17.0 Å². The molecule has 0 unspecified atom stereocenters. The van der Waals surface area contributed by atoms with E-state index < -0.39 is 0 Å². The minimum absolute atomic E-state index is 0.0460. The summed E-state index contributed by atoms with van der Waals surface area (Å²) in [5, 5.41) is 1.59. The second-order valence-corrected chi connectivity index (χ2v) is 7.16. The molecule has 0 aliphatic carbocycles. The van der Waals surface area contributed by atoms with Crippen LogP contribution in [0, 0.1) is 0 Å². The van der Waals surface area contributed by atoms with Crippen LogP contribution in [-0.4, -0.2) is 24.5 Å². The molecule has 2 aromatic carbocycles. The first-order valence-corrected chi connectivity index (χ1v) is 9.54. The number of nitrogen functional groups attached to an aromatic ring is 2. The Kier molecular flexibility index (Phi) is 4.84. The molecule has 2 aromatic heterocycles. The lowest BCUT2D eigenvalue weighted by atomic mass is 10.2. The van der Waals surface area contributed by atoms with Crippen molar-refractivity contribution in [3.63, 3.8) is 0 Å². The molecular weight excluding hydrogens is 398 g/mol. The van der Waals surface area contributed by atoms with E-state index in [4.69, 9.17) is 23.1 Å². The Hall–Kier alpha value is -3.17. The molecule has 0 atom stereocenters. The summed E-state index contributed by atoms with van der Waals surface area (Å²) < 4.78 is 1.54. The normalized spacial score (nSPS) is 11.0. The number of para-hydroxylation sites is 1. The van der Waals surface area contributed by atoms with Crippen molar-refractivity contribution in [2.24, 2.45) is 0 Å². The highest BCUT2D eigenvalue weighted by Gasteiger charge is 2.14. The Labute approximate surface area is 168 Å². The molecule has 4 aromatic rings. The molecule has 0 radical (unpaired) electrons. The lowest BCUT2D eigenvalue weighted by Crippen LogP contribution is -2.21. The molecular formula is C18H14ClN7OS. The number of hydrogen-bond donors (Lipinski definition) is 2. The molecule has 28 heavy (non-hydrogen) atoms. The number of benzene rings is 2. The zero-order chi connectivity index (χ0) is 19.7. The first-order valence-electron chi connectivity index (χ1n) is 8.18. The number of aromatic nitrogens is 5. The number of fused-ring (bicyclic) bond motifs is 1. The van der Waals surface area contributed by atoms with Gasteiger partial charge in [0.15, 0.2) is 5.16 Å². The van der Waals surface area contributed by atoms with Crippen LogP contribution in [0.1, 0.15) is 5.82 Å². The topological polar surface area (TPSA) is 126 Å². The minimum Gasteiger partial charge on any atom is -0.368 e. The number of nitrogens with zero attached hydrogens (tertiary/aromatic N) is 5. The Morgan fingerprint density at radius 3 is 2.32 bits per heavy atom. The summed E-state index contributed by atoms with van der Waals surface area (Å²) in [7, 11) is 0. The second kappa shape index (κ2) is 7.45. The van der Waals surface area contributed by atoms with Crippen LogP contribution in [0.25, 0.3) is 16.6 Å². The molecule has 10 heteroatoms. The van der Waals surface area contributed by atoms with Crippen molar-refractivity contribution in [2.45, 2.75) is 10.9 Å². The van der Waals surface area contributed by atoms with E-state index in [2.05, 4.69) is 19.9 Å². The monoisotopic (exact) mass is 411 g/mol. The van der Waals surface area contributed by atoms with Gasteiger partial charge in [-0.25, -0.2) is 4.98 Å². The van der Waals surface area contributed by atoms with E-state index in [1.807, 2.05) is 6.07 Å². The van der Waals surface area contributed by atoms with E-state index in [0.29, 0.717) is 38.3 Å². The smallest absolute Gasteiger partial charge is 0.266 e. The van der Waals surface area contributed by atoms with Crippen molar-refractivity contribution < 1.29 is 0 Å². The van der Waals surface area contributed by atoms with Crippen molar-refractivity contribution in [2.75, 3.05) is 11.5 Å². The Balaban J connectivity index is 1.82. The van der Waals surface area contributed by atoms with Gasteiger partial charge in [-0.05, 0) is 36.4 Å². The van der Waals surface area contributed by atoms with Gasteiger partial charge in [-0.3, -0.25) is 9.36 Å². The van der Waals surface area contributed by atoms with Gasteiger partial charge >= 0.3 is 0 Å². The minimum atomic E-state index is -0.176. The number of anilines is 2. The van der Waals surface area contributed by atoms with E-state index in [1.54, 1.807) is 42.5 Å². The van der Waals surface area contributed by atoms with Gasteiger partial charge in [-0.15, -0.1) is 0 Å². The molecule has 0 amide bonds. The number of hydrogen-bond acceptors (Lipinski definition) is 8. The summed E-state index contributed by atoms with van der Waals surface area (Å²) in [6.45, 7) is 0. The van der Waals surface area contributed by atoms with Crippen LogP contribution in [0.2, 0.25) is 5.02 Å². The van der Waals surface area contributed by atoms with Crippen LogP contribution in [0.15, 0.2) is 58.5 Å². The Morgan fingerprint density at radius 1 is 0.929 bits per heavy atom. The third-order valence-electron chi connectivity index (χ3n) is 3.88. The van der Waals surface area contributed by atoms with Gasteiger partial charge in [0, 0.05) is 5.02 Å². The number of halogens is 1. The lowest BCUT2D eigenvalue weighted by molar-refractivity contribution is 0.818. The van der Waals surface area contributed by atoms with Crippen molar-refractivity contribution >= 4 is 46.2 Å². The third-order valence-corrected chi connectivity index (χ3v) is 5.06. The summed E-state index contributed by atoms with van der Waals surface area (Å²) in [6, 6.07) is 14.2. The number of rotatable bonds is 4. The fraction of sp³-hybridized carbons (Fsp3) is 0.0556. The zero-order valence-corrected chi connectivity index (χ0v) is 16.0. The predicted molar refractivity (Wildman–Crippen MR) is 111 cm³/mol. The largest absolute Gasteiger partial charge is 0.368 e. The van der Waals surface area contributed by atoms with E-state index in [9.17, 15) is 4.79 Å². The van der Waals surface area contributed by atoms with Gasteiger partial charge in [-0.2, -0.15) is 15.0 Å². The Bertz CT molecular complexity index is 1210. The molecule has 0 fully saturated rings. The van der Waals surface area contributed by atoms with Crippen molar-refractivity contribution in [3.05, 3.63) is 69.7 Å². The SMILES string of the molecule is Nc1nc(N)nc(CSc2nc3ccccc3c(=O)n2-c2ccc(Cl)cc2)n1. The highest BCUT2D eigenvalue weighted by molar-refractivity contribution is 7.98. The maximum absolute atomic E-state index is 13.1. The molecule has 0 spiro atoms. The first kappa shape index (κ1) is 18.2. The van der Waals surface area contributed by atoms with E-state index in [0.717, 1.165) is 0 Å². The molecule has 8 nitrogen and oxygen atoms in total. The van der Waals surface area contributed by atoms with Gasteiger partial charge < -0.3 is 11.5 Å². The first-order chi connectivity index (χ1) is 13.5. The highest BCUT2D eigenvalue weighted by atomic mass is 35.5. The molecule has 2 heterocycles. The average molecular weight is 412 g/mol. The molecule has 0 bridgehead atoms. The second-order valence-electron chi connectivity index (χ2n) is 5.79. The van der Waals surface area contributed by atoms with Crippen LogP contribution in [0.5, 0.6) is 0 Å². The highest BCUT2D eigenvalue weighted by Crippen LogP contribution is 2.24. The van der Waals surface area contributed by atoms with Gasteiger partial charge in [0.25, 0.3) is 5.56 Å². The van der Waals surface area contributed by atoms with E-state index in [1.165, 1.54) is 16.3 Å². The number of nitrogens with two attached hydrogens (primary N) is 2. The van der Waals surface area contributed by atoms with E-state index in [-0.39, 0.29) is 17.5 Å². The van der Waals surface area contributed by atoms with E-state index >= 15 is 0 Å². The fourth-order valence-electron chi connectivity index (χ4n) is 2.68. The summed E-state index contributed by atoms with van der Waals surface area (Å²) in [5.74, 6) is 0.810. The molecule has 4 rings (SSSR count). The predicted octanol–water partition coefficient (Wildman–Crippen LogP) is 2.68. The van der Waals surface area contributed by atoms with Crippen molar-refractivity contribution in [1.82, 2.24) is 24.5 Å². The van der Waals surface area contributed by atoms with Crippen LogP contribution in [0.3, 0.4) is 0 Å². The Morgan fingerprint density at radius 2 is 1.61 bits per heavy atom. The van der Waals surface area contributed by atoms with Crippen molar-refractivity contribution in [3.8, 4) is 5.69 Å². The van der Waals surface area contributed by atoms with Gasteiger partial charge in [0.1, 0.15) is 5.82 Å². The maximum atomic E-state index is 13.1. The van der Waals surface area contributed by atoms with Crippen LogP contribution in [-0.2, 0) is 5.75 Å². The van der Waals surface area contributed by atoms with Crippen molar-refractivity contribution in [1.29, 1.82) is 0 Å². The fourth-order valence-corrected chi connectivity index (χ4v) is 3.67. The number of thioether (sulfide) groups is 1. The third kappa shape index (κ3) is 3.62. The zero-order valence-electron chi connectivity index (χ0n) is 14.4. The van der Waals surface area contributed by atoms with Gasteiger partial charge in [0.2, 0.25) is 11.9 Å². The molecule has 0 saturated carbocycles. The molecule has 4 N–H and O–H groups in total. The summed E-state index contributed by atoms with van der Waals surface area (Å²) in [4.78, 5) is 29.7. The molecule has 0 aliphatic heterocycles. The van der Waals surface area contributed by atoms with Crippen LogP contribution >= 0.6 is 23.4 Å². The van der Waals surface area contributed by atoms with Gasteiger partial charge in [-0.1, -0.05) is 35.5 Å². The quantitative estimate of drug-likeness (QED) is 0.387. The van der Waals surface area contributed by atoms with Gasteiger partial charge in [0.05, 0.1) is 22.3 Å². The molecule has 140 valence electrons. The summed E-state index contributed by atoms with van der Waals surface area (Å²) in [5.41, 5.74) is 12.3. The lowest BCUT2D eigenvalue weighted by Gasteiger charge is -2.13. The average Bonchev–Trinajstić information content (AvgIpc) is 2.67. The molecule has 0 saturated heterocycles. The van der Waals surface area contributed by atoms with Crippen LogP contribution in [0.4, 0.5) is 11.9 Å². The maximum Gasteiger partial charge on any atom is 0.266 e. The summed E-state index contributed by atoms with van der Waals surface area (Å²) in [6.07, 6.45) is 0. The molecule has 0 aliphatic rings.